The van der Waals surface area contributed by atoms with E-state index in [-0.39, 0.29) is 0 Å². The van der Waals surface area contributed by atoms with E-state index in [1.54, 1.807) is 9.79 Å². The van der Waals surface area contributed by atoms with Crippen LogP contribution < -0.4 is 0 Å². The van der Waals surface area contributed by atoms with Gasteiger partial charge in [-0.15, -0.1) is 0 Å². The molecule has 0 aromatic heterocycles. The molecule has 0 bridgehead atoms. The van der Waals surface area contributed by atoms with E-state index in [9.17, 15) is 5.53 Å². The van der Waals surface area contributed by atoms with Crippen molar-refractivity contribution >= 4 is 11.4 Å². The molecule has 0 saturated carbocycles. The number of benzene rings is 2. The number of aryl methyl sites for hydroxylation is 2. The van der Waals surface area contributed by atoms with Gasteiger partial charge in [-0.25, -0.2) is 4.70 Å². The van der Waals surface area contributed by atoms with Gasteiger partial charge in [-0.3, -0.25) is 0 Å². The summed E-state index contributed by atoms with van der Waals surface area (Å²) in [5.74, 6) is 0. The Morgan fingerprint density at radius 2 is 0.541 bits per heavy atom. The standard InChI is InChI=1S/C36H52N2.2C23H47.Pd/c1-4-7-10-12-14-16-20-30-22-18-25-32(27-30)35-29-34(24-9-6-3)36(38(35)37)33-26-19-23-31(28-33)21-17-15-13-11-8-5-2;2*1-3-5-7-9-11-13-15-17-19-21-23-22-20-18-16-14-12-10-8-6-4-2;/h18-19,22-23,25-29H,4-17,20-21,24H2,1-3H3;2*1,3-23H2,2H3;. The van der Waals surface area contributed by atoms with Crippen LogP contribution in [0.5, 0.6) is 0 Å². The fourth-order valence-electron chi connectivity index (χ4n) is 12.9. The Hall–Kier alpha value is -1.82. The van der Waals surface area contributed by atoms with E-state index in [0.717, 1.165) is 72.6 Å². The first-order valence-electron chi connectivity index (χ1n) is 38.7. The number of nitrogens with zero attached hydrogens (tertiary/aromatic N) is 2. The van der Waals surface area contributed by atoms with E-state index in [4.69, 9.17) is 0 Å². The van der Waals surface area contributed by atoms with Gasteiger partial charge in [0.1, 0.15) is 0 Å². The number of hydrogen-bond donors (Lipinski definition) is 0. The van der Waals surface area contributed by atoms with E-state index < -0.39 is 0 Å². The van der Waals surface area contributed by atoms with Gasteiger partial charge in [0.2, 0.25) is 11.4 Å². The Morgan fingerprint density at radius 1 is 0.282 bits per heavy atom. The molecule has 2 aromatic rings. The van der Waals surface area contributed by atoms with Crippen LogP contribution in [0, 0.1) is 0 Å². The molecule has 0 spiro atoms. The predicted octanol–water partition coefficient (Wildman–Crippen LogP) is 29.8. The molecular formula is C82H146N2Pd. The molecule has 494 valence electrons. The van der Waals surface area contributed by atoms with Crippen molar-refractivity contribution in [1.29, 1.82) is 0 Å². The van der Waals surface area contributed by atoms with E-state index >= 15 is 0 Å². The van der Waals surface area contributed by atoms with Crippen molar-refractivity contribution in [1.82, 2.24) is 0 Å². The van der Waals surface area contributed by atoms with E-state index in [0.29, 0.717) is 0 Å². The second-order valence-electron chi connectivity index (χ2n) is 26.9. The summed E-state index contributed by atoms with van der Waals surface area (Å²) in [6.45, 7) is 11.4. The second kappa shape index (κ2) is 62.4. The Balaban J connectivity index is 0.000000591. The monoisotopic (exact) mass is 1270 g/mol. The molecule has 0 unspecified atom stereocenters. The van der Waals surface area contributed by atoms with Crippen LogP contribution in [0.15, 0.2) is 60.2 Å². The Bertz CT molecular complexity index is 1760. The normalized spacial score (nSPS) is 12.5. The van der Waals surface area contributed by atoms with Crippen LogP contribution in [-0.4, -0.2) is 4.70 Å². The van der Waals surface area contributed by atoms with Gasteiger partial charge >= 0.3 is 169 Å². The van der Waals surface area contributed by atoms with Gasteiger partial charge in [0, 0.05) is 22.8 Å². The van der Waals surface area contributed by atoms with E-state index in [2.05, 4.69) is 89.2 Å². The number of unbranched alkanes of at least 4 members (excludes halogenated alkanes) is 51. The van der Waals surface area contributed by atoms with Crippen molar-refractivity contribution in [2.75, 3.05) is 0 Å². The molecule has 1 aliphatic heterocycles. The van der Waals surface area contributed by atoms with Crippen LogP contribution in [-0.2, 0) is 30.8 Å². The molecule has 1 aliphatic rings. The van der Waals surface area contributed by atoms with E-state index in [1.165, 1.54) is 368 Å². The molecule has 0 N–H and O–H groups in total. The molecular weight excluding hydrogens is 1120 g/mol. The quantitative estimate of drug-likeness (QED) is 0.0358. The molecule has 0 atom stereocenters. The van der Waals surface area contributed by atoms with E-state index in [1.807, 2.05) is 0 Å². The van der Waals surface area contributed by atoms with Crippen molar-refractivity contribution in [3.63, 3.8) is 0 Å². The van der Waals surface area contributed by atoms with Crippen molar-refractivity contribution in [2.45, 2.75) is 423 Å². The molecule has 3 rings (SSSR count). The molecule has 2 nitrogen and oxygen atoms in total. The van der Waals surface area contributed by atoms with Crippen LogP contribution in [0.3, 0.4) is 0 Å². The van der Waals surface area contributed by atoms with Crippen LogP contribution in [0.4, 0.5) is 0 Å². The maximum absolute atomic E-state index is 11.5. The van der Waals surface area contributed by atoms with Gasteiger partial charge in [0.05, 0.1) is 0 Å². The zero-order valence-electron chi connectivity index (χ0n) is 58.0. The van der Waals surface area contributed by atoms with Crippen LogP contribution in [0.2, 0.25) is 9.79 Å². The maximum atomic E-state index is 11.5. The molecule has 2 aromatic carbocycles. The smallest absolute Gasteiger partial charge is 0.493 e. The summed E-state index contributed by atoms with van der Waals surface area (Å²) in [7, 11) is 0. The first-order valence-corrected chi connectivity index (χ1v) is 40.9. The number of rotatable bonds is 63. The second-order valence-corrected chi connectivity index (χ2v) is 29.2. The minimum Gasteiger partial charge on any atom is -0.493 e. The third kappa shape index (κ3) is 46.9. The van der Waals surface area contributed by atoms with Crippen molar-refractivity contribution in [2.24, 2.45) is 0 Å². The van der Waals surface area contributed by atoms with Crippen molar-refractivity contribution in [3.05, 3.63) is 88.0 Å². The summed E-state index contributed by atoms with van der Waals surface area (Å²) in [6.07, 6.45) is 86.1. The molecule has 1 heterocycles. The molecule has 0 amide bonds. The summed E-state index contributed by atoms with van der Waals surface area (Å²) in [6, 6.07) is 17.7. The van der Waals surface area contributed by atoms with Crippen molar-refractivity contribution in [3.8, 4) is 0 Å². The summed E-state index contributed by atoms with van der Waals surface area (Å²) in [5, 5.41) is 0. The zero-order chi connectivity index (χ0) is 60.8. The Morgan fingerprint density at radius 3 is 0.847 bits per heavy atom. The van der Waals surface area contributed by atoms with Crippen LogP contribution in [0.1, 0.15) is 423 Å². The van der Waals surface area contributed by atoms with Crippen LogP contribution in [0.25, 0.3) is 16.9 Å². The summed E-state index contributed by atoms with van der Waals surface area (Å²) in [4.78, 5) is 3.10. The molecule has 0 saturated heterocycles. The number of hydrogen-bond acceptors (Lipinski definition) is 0. The topological polar surface area (TPSA) is 25.3 Å². The molecule has 0 aliphatic carbocycles. The molecule has 3 heteroatoms. The van der Waals surface area contributed by atoms with Gasteiger partial charge in [-0.2, -0.15) is 0 Å². The average molecular weight is 1270 g/mol. The average Bonchev–Trinajstić information content (AvgIpc) is 4.12. The first-order chi connectivity index (χ1) is 42.1. The fourth-order valence-corrected chi connectivity index (χ4v) is 14.8. The minimum absolute atomic E-state index is 0.914. The van der Waals surface area contributed by atoms with Gasteiger partial charge in [0.15, 0.2) is 0 Å². The number of allylic oxidation sites excluding steroid dienone is 2. The van der Waals surface area contributed by atoms with Gasteiger partial charge in [0.25, 0.3) is 0 Å². The fraction of sp³-hybridized carbons (Fsp3) is 0.805. The zero-order valence-corrected chi connectivity index (χ0v) is 59.6. The first kappa shape index (κ1) is 79.3. The molecule has 0 radical (unpaired) electrons. The third-order valence-corrected chi connectivity index (χ3v) is 20.8. The predicted molar refractivity (Wildman–Crippen MR) is 380 cm³/mol. The van der Waals surface area contributed by atoms with Gasteiger partial charge in [-0.05, 0) is 73.9 Å². The third-order valence-electron chi connectivity index (χ3n) is 18.6. The summed E-state index contributed by atoms with van der Waals surface area (Å²) in [5.41, 5.74) is 19.6. The van der Waals surface area contributed by atoms with Crippen LogP contribution >= 0.6 is 0 Å². The van der Waals surface area contributed by atoms with Gasteiger partial charge in [-0.1, -0.05) is 258 Å². The minimum atomic E-state index is 0.914. The van der Waals surface area contributed by atoms with Crippen molar-refractivity contribution < 1.29 is 22.7 Å². The Kier molecular flexibility index (Phi) is 58.2. The Labute approximate surface area is 541 Å². The van der Waals surface area contributed by atoms with Gasteiger partial charge < -0.3 is 5.53 Å². The molecule has 0 fully saturated rings. The SMILES string of the molecule is CCCCCCCCCCCCCCCCCCCCCC[CH2][Pd][CH2]CCCCCCCCCCCCCCCCCCCCCC.CCCCCCCCc1cccc(C2=CC(CCCC)=C(c3cccc(CCCCCCCC)c3)[N+]2=[N-])c1. The summed E-state index contributed by atoms with van der Waals surface area (Å²) >= 11 is 1.06. The molecule has 85 heavy (non-hydrogen) atoms. The summed E-state index contributed by atoms with van der Waals surface area (Å²) < 4.78 is 1.47.